The molecule has 0 saturated carbocycles. The lowest BCUT2D eigenvalue weighted by molar-refractivity contribution is 0.576. The molecule has 1 atom stereocenters. The van der Waals surface area contributed by atoms with E-state index >= 15 is 0 Å². The molecule has 4 heteroatoms. The summed E-state index contributed by atoms with van der Waals surface area (Å²) in [6, 6.07) is 0. The lowest BCUT2D eigenvalue weighted by atomic mass is 11.4. The second-order valence-corrected chi connectivity index (χ2v) is 1.44. The maximum absolute atomic E-state index is 9.53. The molecule has 0 aromatic rings. The first kappa shape index (κ1) is 3.22. The van der Waals surface area contributed by atoms with Gasteiger partial charge in [-0.2, -0.15) is 0 Å². The van der Waals surface area contributed by atoms with E-state index in [9.17, 15) is 4.57 Å². The number of hydrazine groups is 1. The van der Waals surface area contributed by atoms with Gasteiger partial charge >= 0.3 is 0 Å². The van der Waals surface area contributed by atoms with Crippen LogP contribution in [0.2, 0.25) is 0 Å². The fourth-order valence-electron chi connectivity index (χ4n) is 0.0894. The topological polar surface area (TPSA) is 42.0 Å². The van der Waals surface area contributed by atoms with E-state index in [0.29, 0.717) is 0 Å². The second-order valence-electron chi connectivity index (χ2n) is 0.797. The molecule has 0 amide bonds. The molecule has 3 nitrogen and oxygen atoms in total. The molecule has 0 spiro atoms. The van der Waals surface area contributed by atoms with Crippen LogP contribution in [0.25, 0.3) is 0 Å². The molecule has 1 N–H and O–H groups in total. The van der Waals surface area contributed by atoms with Crippen LogP contribution >= 0.6 is 8.61 Å². The van der Waals surface area contributed by atoms with Gasteiger partial charge in [0, 0.05) is 0 Å². The van der Waals surface area contributed by atoms with Crippen molar-refractivity contribution in [2.24, 2.45) is 0 Å². The Kier molecular flexibility index (Phi) is 0.651. The standard InChI is InChI=1S/CH3N2OP/c4-5-3-1-2-3/h2H,1H2. The molecule has 0 aliphatic carbocycles. The van der Waals surface area contributed by atoms with E-state index in [1.54, 1.807) is 4.78 Å². The SMILES string of the molecule is O=PN1CN1. The lowest BCUT2D eigenvalue weighted by Crippen LogP contribution is -1.73. The Balaban J connectivity index is 2.21. The van der Waals surface area contributed by atoms with Crippen LogP contribution < -0.4 is 5.43 Å². The van der Waals surface area contributed by atoms with E-state index < -0.39 is 0 Å². The summed E-state index contributed by atoms with van der Waals surface area (Å²) in [5.41, 5.74) is 2.69. The molecule has 0 bridgehead atoms. The minimum atomic E-state index is 0.0802. The minimum absolute atomic E-state index is 0.0802. The van der Waals surface area contributed by atoms with E-state index in [1.807, 2.05) is 0 Å². The Morgan fingerprint density at radius 2 is 2.60 bits per heavy atom. The summed E-state index contributed by atoms with van der Waals surface area (Å²) in [6.45, 7) is 0.769. The number of hydrogen-bond donors (Lipinski definition) is 1. The van der Waals surface area contributed by atoms with Crippen molar-refractivity contribution in [2.45, 2.75) is 0 Å². The van der Waals surface area contributed by atoms with Crippen LogP contribution in [-0.4, -0.2) is 11.4 Å². The predicted molar refractivity (Wildman–Crippen MR) is 17.4 cm³/mol. The monoisotopic (exact) mass is 90.0 g/mol. The van der Waals surface area contributed by atoms with Crippen LogP contribution in [0.1, 0.15) is 0 Å². The van der Waals surface area contributed by atoms with Gasteiger partial charge in [-0.15, -0.1) is 4.78 Å². The fourth-order valence-corrected chi connectivity index (χ4v) is 0.268. The largest absolute Gasteiger partial charge is 0.265 e. The van der Waals surface area contributed by atoms with Gasteiger partial charge in [0.2, 0.25) is 0 Å². The lowest BCUT2D eigenvalue weighted by Gasteiger charge is -1.61. The van der Waals surface area contributed by atoms with Crippen molar-refractivity contribution in [3.05, 3.63) is 0 Å². The summed E-state index contributed by atoms with van der Waals surface area (Å²) < 4.78 is 11.1. The first-order valence-electron chi connectivity index (χ1n) is 1.28. The maximum Gasteiger partial charge on any atom is 0.265 e. The van der Waals surface area contributed by atoms with E-state index in [4.69, 9.17) is 0 Å². The third-order valence-corrected chi connectivity index (χ3v) is 0.878. The van der Waals surface area contributed by atoms with Crippen LogP contribution in [0.4, 0.5) is 0 Å². The molecule has 1 aliphatic heterocycles. The van der Waals surface area contributed by atoms with Gasteiger partial charge in [-0.25, -0.2) is 5.43 Å². The average molecular weight is 90.0 g/mol. The van der Waals surface area contributed by atoms with Crippen molar-refractivity contribution in [3.8, 4) is 0 Å². The number of nitrogens with one attached hydrogen (secondary N) is 1. The number of hydrogen-bond acceptors (Lipinski definition) is 2. The van der Waals surface area contributed by atoms with Crippen molar-refractivity contribution >= 4 is 8.61 Å². The smallest absolute Gasteiger partial charge is 0.254 e. The first-order valence-corrected chi connectivity index (χ1v) is 2.04. The highest BCUT2D eigenvalue weighted by atomic mass is 31.1. The van der Waals surface area contributed by atoms with Crippen LogP contribution in [-0.2, 0) is 4.57 Å². The molecular formula is CH3N2OP. The maximum atomic E-state index is 9.53. The quantitative estimate of drug-likeness (QED) is 0.363. The third kappa shape index (κ3) is 0.651. The van der Waals surface area contributed by atoms with Gasteiger partial charge in [0.05, 0.1) is 6.67 Å². The average Bonchev–Trinajstić information content (AvgIpc) is 2.12. The van der Waals surface area contributed by atoms with Gasteiger partial charge in [-0.05, 0) is 0 Å². The number of nitrogens with zero attached hydrogens (tertiary/aromatic N) is 1. The van der Waals surface area contributed by atoms with Gasteiger partial charge in [0.1, 0.15) is 0 Å². The normalized spacial score (nSPS) is 34.8. The Hall–Kier alpha value is 0.0200. The Bertz CT molecular complexity index is 51.6. The Labute approximate surface area is 31.2 Å². The van der Waals surface area contributed by atoms with Crippen LogP contribution in [0.5, 0.6) is 0 Å². The van der Waals surface area contributed by atoms with Crippen LogP contribution in [0, 0.1) is 0 Å². The second kappa shape index (κ2) is 1.01. The summed E-state index contributed by atoms with van der Waals surface area (Å²) in [7, 11) is 0.0802. The van der Waals surface area contributed by atoms with Crippen molar-refractivity contribution in [1.29, 1.82) is 0 Å². The van der Waals surface area contributed by atoms with Crippen molar-refractivity contribution < 1.29 is 4.57 Å². The highest BCUT2D eigenvalue weighted by molar-refractivity contribution is 7.20. The Morgan fingerprint density at radius 1 is 2.00 bits per heavy atom. The summed E-state index contributed by atoms with van der Waals surface area (Å²) in [6.07, 6.45) is 0. The molecule has 28 valence electrons. The third-order valence-electron chi connectivity index (χ3n) is 0.398. The molecule has 1 aliphatic rings. The molecular weight excluding hydrogens is 87.0 g/mol. The zero-order chi connectivity index (χ0) is 3.70. The predicted octanol–water partition coefficient (Wildman–Crippen LogP) is -0.0292. The van der Waals surface area contributed by atoms with E-state index in [2.05, 4.69) is 5.43 Å². The molecule has 0 aromatic carbocycles. The molecule has 1 unspecified atom stereocenters. The van der Waals surface area contributed by atoms with Crippen molar-refractivity contribution in [3.63, 3.8) is 0 Å². The van der Waals surface area contributed by atoms with Gasteiger partial charge in [-0.3, -0.25) is 4.57 Å². The molecule has 1 rings (SSSR count). The van der Waals surface area contributed by atoms with Crippen molar-refractivity contribution in [1.82, 2.24) is 10.2 Å². The summed E-state index contributed by atoms with van der Waals surface area (Å²) in [5, 5.41) is 0. The zero-order valence-electron chi connectivity index (χ0n) is 2.51. The molecule has 5 heavy (non-hydrogen) atoms. The summed E-state index contributed by atoms with van der Waals surface area (Å²) in [5.74, 6) is 0. The molecule has 1 fully saturated rings. The molecule has 1 heterocycles. The molecule has 1 saturated heterocycles. The Morgan fingerprint density at radius 3 is 2.60 bits per heavy atom. The highest BCUT2D eigenvalue weighted by Crippen LogP contribution is 2.06. The van der Waals surface area contributed by atoms with Gasteiger partial charge < -0.3 is 0 Å². The summed E-state index contributed by atoms with van der Waals surface area (Å²) in [4.78, 5) is 0. The van der Waals surface area contributed by atoms with Crippen LogP contribution in [0.3, 0.4) is 0 Å². The van der Waals surface area contributed by atoms with E-state index in [1.165, 1.54) is 0 Å². The van der Waals surface area contributed by atoms with Gasteiger partial charge in [0.25, 0.3) is 8.61 Å². The molecule has 0 radical (unpaired) electrons. The fraction of sp³-hybridized carbons (Fsp3) is 1.00. The number of rotatable bonds is 1. The first-order chi connectivity index (χ1) is 2.43. The molecule has 0 aromatic heterocycles. The van der Waals surface area contributed by atoms with E-state index in [0.717, 1.165) is 6.67 Å². The van der Waals surface area contributed by atoms with Gasteiger partial charge in [-0.1, -0.05) is 0 Å². The minimum Gasteiger partial charge on any atom is -0.254 e. The zero-order valence-corrected chi connectivity index (χ0v) is 3.40. The highest BCUT2D eigenvalue weighted by Gasteiger charge is 2.13. The van der Waals surface area contributed by atoms with Crippen LogP contribution in [0.15, 0.2) is 0 Å². The van der Waals surface area contributed by atoms with Crippen molar-refractivity contribution in [2.75, 3.05) is 6.67 Å². The van der Waals surface area contributed by atoms with Gasteiger partial charge in [0.15, 0.2) is 0 Å². The summed E-state index contributed by atoms with van der Waals surface area (Å²) >= 11 is 0. The van der Waals surface area contributed by atoms with E-state index in [-0.39, 0.29) is 8.61 Å².